The molecule has 0 fully saturated rings. The molecule has 0 radical (unpaired) electrons. The first-order chi connectivity index (χ1) is 26.7. The molecule has 0 bridgehead atoms. The molecule has 10 aromatic rings. The summed E-state index contributed by atoms with van der Waals surface area (Å²) in [6, 6.07) is 70.6. The van der Waals surface area contributed by atoms with Crippen LogP contribution in [0.2, 0.25) is 0 Å². The van der Waals surface area contributed by atoms with Crippen LogP contribution in [0.5, 0.6) is 0 Å². The van der Waals surface area contributed by atoms with E-state index in [1.807, 2.05) is 36.4 Å². The number of rotatable bonds is 6. The highest BCUT2D eigenvalue weighted by molar-refractivity contribution is 6.25. The van der Waals surface area contributed by atoms with E-state index >= 15 is 0 Å². The molecule has 0 saturated heterocycles. The Bertz CT molecular complexity index is 2900. The minimum absolute atomic E-state index is 0.641. The molecule has 0 N–H and O–H groups in total. The Morgan fingerprint density at radius 3 is 0.870 bits per heavy atom. The van der Waals surface area contributed by atoms with Crippen LogP contribution < -0.4 is 0 Å². The molecule has 9 aromatic carbocycles. The molecule has 0 spiro atoms. The van der Waals surface area contributed by atoms with Crippen LogP contribution in [0.3, 0.4) is 0 Å². The molecule has 3 nitrogen and oxygen atoms in total. The van der Waals surface area contributed by atoms with Crippen LogP contribution in [0, 0.1) is 0 Å². The molecule has 252 valence electrons. The molecule has 0 aliphatic heterocycles. The number of hydrogen-bond donors (Lipinski definition) is 0. The fraction of sp³-hybridized carbons (Fsp3) is 0. The Morgan fingerprint density at radius 2 is 0.444 bits per heavy atom. The first-order valence-electron chi connectivity index (χ1n) is 18.3. The number of nitrogens with zero attached hydrogens (tertiary/aromatic N) is 3. The van der Waals surface area contributed by atoms with Crippen molar-refractivity contribution in [2.24, 2.45) is 0 Å². The molecule has 0 atom stereocenters. The summed E-state index contributed by atoms with van der Waals surface area (Å²) in [7, 11) is 0. The van der Waals surface area contributed by atoms with Gasteiger partial charge in [0.1, 0.15) is 0 Å². The minimum atomic E-state index is 0.641. The first-order valence-corrected chi connectivity index (χ1v) is 18.3. The van der Waals surface area contributed by atoms with Crippen molar-refractivity contribution < 1.29 is 0 Å². The average molecular weight is 688 g/mol. The fourth-order valence-corrected chi connectivity index (χ4v) is 7.55. The lowest BCUT2D eigenvalue weighted by molar-refractivity contribution is 1.07. The van der Waals surface area contributed by atoms with Gasteiger partial charge in [-0.25, -0.2) is 15.0 Å². The van der Waals surface area contributed by atoms with Crippen molar-refractivity contribution in [3.63, 3.8) is 0 Å². The highest BCUT2D eigenvalue weighted by Gasteiger charge is 2.14. The van der Waals surface area contributed by atoms with Gasteiger partial charge >= 0.3 is 0 Å². The summed E-state index contributed by atoms with van der Waals surface area (Å²) in [6.07, 6.45) is 0. The normalized spacial score (nSPS) is 11.3. The van der Waals surface area contributed by atoms with Gasteiger partial charge in [-0.3, -0.25) is 0 Å². The molecule has 0 unspecified atom stereocenters. The van der Waals surface area contributed by atoms with E-state index in [1.165, 1.54) is 49.0 Å². The lowest BCUT2D eigenvalue weighted by atomic mass is 9.92. The Labute approximate surface area is 313 Å². The molecule has 0 saturated carbocycles. The molecular weight excluding hydrogens is 655 g/mol. The number of hydrogen-bond acceptors (Lipinski definition) is 3. The third kappa shape index (κ3) is 5.78. The maximum absolute atomic E-state index is 5.03. The maximum Gasteiger partial charge on any atom is 0.164 e. The van der Waals surface area contributed by atoms with Crippen LogP contribution in [0.4, 0.5) is 0 Å². The Morgan fingerprint density at radius 1 is 0.185 bits per heavy atom. The fourth-order valence-electron chi connectivity index (χ4n) is 7.55. The molecule has 0 amide bonds. The van der Waals surface area contributed by atoms with Gasteiger partial charge in [0.15, 0.2) is 17.5 Å². The highest BCUT2D eigenvalue weighted by atomic mass is 15.0. The first kappa shape index (κ1) is 31.5. The lowest BCUT2D eigenvalue weighted by Crippen LogP contribution is -2.00. The molecule has 0 aliphatic carbocycles. The zero-order valence-corrected chi connectivity index (χ0v) is 29.4. The Hall–Kier alpha value is -7.23. The predicted molar refractivity (Wildman–Crippen MR) is 225 cm³/mol. The second kappa shape index (κ2) is 13.4. The van der Waals surface area contributed by atoms with Crippen molar-refractivity contribution in [2.75, 3.05) is 0 Å². The lowest BCUT2D eigenvalue weighted by Gasteiger charge is -2.12. The summed E-state index contributed by atoms with van der Waals surface area (Å²) in [4.78, 5) is 15.0. The van der Waals surface area contributed by atoms with E-state index in [2.05, 4.69) is 164 Å². The summed E-state index contributed by atoms with van der Waals surface area (Å²) in [5.41, 5.74) is 9.86. The number of fused-ring (bicyclic) bond motifs is 6. The smallest absolute Gasteiger partial charge is 0.164 e. The molecule has 1 heterocycles. The van der Waals surface area contributed by atoms with E-state index in [0.717, 1.165) is 33.4 Å². The van der Waals surface area contributed by atoms with Crippen molar-refractivity contribution in [1.29, 1.82) is 0 Å². The van der Waals surface area contributed by atoms with Crippen molar-refractivity contribution in [3.05, 3.63) is 200 Å². The largest absolute Gasteiger partial charge is 0.208 e. The van der Waals surface area contributed by atoms with Gasteiger partial charge < -0.3 is 0 Å². The van der Waals surface area contributed by atoms with Crippen molar-refractivity contribution in [1.82, 2.24) is 15.0 Å². The molecule has 10 rings (SSSR count). The van der Waals surface area contributed by atoms with Crippen LogP contribution >= 0.6 is 0 Å². The van der Waals surface area contributed by atoms with Gasteiger partial charge in [0.05, 0.1) is 0 Å². The zero-order valence-electron chi connectivity index (χ0n) is 29.4. The Kier molecular flexibility index (Phi) is 7.81. The topological polar surface area (TPSA) is 38.7 Å². The van der Waals surface area contributed by atoms with E-state index in [0.29, 0.717) is 17.5 Å². The molecule has 54 heavy (non-hydrogen) atoms. The summed E-state index contributed by atoms with van der Waals surface area (Å²) in [5, 5.41) is 7.64. The second-order valence-electron chi connectivity index (χ2n) is 13.6. The third-order valence-electron chi connectivity index (χ3n) is 10.4. The molecule has 3 heteroatoms. The van der Waals surface area contributed by atoms with Crippen molar-refractivity contribution in [3.8, 4) is 67.5 Å². The van der Waals surface area contributed by atoms with Crippen LogP contribution in [-0.4, -0.2) is 15.0 Å². The van der Waals surface area contributed by atoms with Gasteiger partial charge in [0.25, 0.3) is 0 Å². The van der Waals surface area contributed by atoms with Crippen molar-refractivity contribution in [2.45, 2.75) is 0 Å². The Balaban J connectivity index is 0.996. The van der Waals surface area contributed by atoms with E-state index in [4.69, 9.17) is 15.0 Å². The van der Waals surface area contributed by atoms with Gasteiger partial charge in [-0.1, -0.05) is 194 Å². The van der Waals surface area contributed by atoms with Gasteiger partial charge in [0, 0.05) is 16.7 Å². The third-order valence-corrected chi connectivity index (χ3v) is 10.4. The molecule has 0 aliphatic rings. The standard InChI is InChI=1S/C51H33N3/c1-3-11-34(12-4-1)35-19-21-36(22-20-35)37-23-27-40(28-24-37)50-52-49(39-13-5-2-6-14-39)53-51(54-50)41-29-25-38(26-30-41)42-31-32-47-45-17-8-7-15-43(45)44-16-9-10-18-46(44)48(47)33-42/h1-33H. The van der Waals surface area contributed by atoms with Gasteiger partial charge in [-0.2, -0.15) is 0 Å². The summed E-state index contributed by atoms with van der Waals surface area (Å²) in [5.74, 6) is 1.93. The van der Waals surface area contributed by atoms with E-state index < -0.39 is 0 Å². The monoisotopic (exact) mass is 687 g/mol. The van der Waals surface area contributed by atoms with Crippen LogP contribution in [0.25, 0.3) is 99.9 Å². The van der Waals surface area contributed by atoms with Crippen LogP contribution in [0.15, 0.2) is 200 Å². The quantitative estimate of drug-likeness (QED) is 0.163. The van der Waals surface area contributed by atoms with Gasteiger partial charge in [0.2, 0.25) is 0 Å². The van der Waals surface area contributed by atoms with E-state index in [-0.39, 0.29) is 0 Å². The van der Waals surface area contributed by atoms with Gasteiger partial charge in [-0.05, 0) is 71.8 Å². The molecule has 1 aromatic heterocycles. The average Bonchev–Trinajstić information content (AvgIpc) is 3.27. The summed E-state index contributed by atoms with van der Waals surface area (Å²) >= 11 is 0. The predicted octanol–water partition coefficient (Wildman–Crippen LogP) is 13.3. The van der Waals surface area contributed by atoms with Crippen LogP contribution in [-0.2, 0) is 0 Å². The maximum atomic E-state index is 5.03. The van der Waals surface area contributed by atoms with E-state index in [1.54, 1.807) is 0 Å². The van der Waals surface area contributed by atoms with Crippen LogP contribution in [0.1, 0.15) is 0 Å². The number of benzene rings is 9. The number of aromatic nitrogens is 3. The second-order valence-corrected chi connectivity index (χ2v) is 13.6. The molecular formula is C51H33N3. The van der Waals surface area contributed by atoms with Gasteiger partial charge in [-0.15, -0.1) is 0 Å². The van der Waals surface area contributed by atoms with Crippen molar-refractivity contribution >= 4 is 32.3 Å². The highest BCUT2D eigenvalue weighted by Crippen LogP contribution is 2.37. The zero-order chi connectivity index (χ0) is 35.8. The van der Waals surface area contributed by atoms with E-state index in [9.17, 15) is 0 Å². The summed E-state index contributed by atoms with van der Waals surface area (Å²) in [6.45, 7) is 0. The summed E-state index contributed by atoms with van der Waals surface area (Å²) < 4.78 is 0. The SMILES string of the molecule is c1ccc(-c2ccc(-c3ccc(-c4nc(-c5ccccc5)nc(-c5ccc(-c6ccc7c8ccccc8c8ccccc8c7c6)cc5)n4)cc3)cc2)cc1. The minimum Gasteiger partial charge on any atom is -0.208 e.